The molecule has 0 bridgehead atoms. The molecule has 0 saturated carbocycles. The number of ether oxygens (including phenoxy) is 3. The second-order valence-electron chi connectivity index (χ2n) is 8.41. The van der Waals surface area contributed by atoms with Crippen molar-refractivity contribution < 1.29 is 24.2 Å². The van der Waals surface area contributed by atoms with E-state index in [1.54, 1.807) is 0 Å². The average molecular weight is 329 g/mol. The zero-order valence-corrected chi connectivity index (χ0v) is 15.3. The second-order valence-corrected chi connectivity index (χ2v) is 8.41. The lowest BCUT2D eigenvalue weighted by Gasteiger charge is -2.58. The van der Waals surface area contributed by atoms with Crippen LogP contribution >= 0.6 is 0 Å². The van der Waals surface area contributed by atoms with E-state index in [-0.39, 0.29) is 11.4 Å². The molecule has 2 aliphatic rings. The van der Waals surface area contributed by atoms with Gasteiger partial charge in [-0.25, -0.2) is 0 Å². The first-order valence-corrected chi connectivity index (χ1v) is 8.37. The fourth-order valence-electron chi connectivity index (χ4n) is 3.85. The number of carbonyl (C=O) groups is 1. The Bertz CT molecular complexity index is 432. The van der Waals surface area contributed by atoms with Gasteiger partial charge in [0.1, 0.15) is 6.61 Å². The van der Waals surface area contributed by atoms with Crippen molar-refractivity contribution in [3.8, 4) is 0 Å². The first kappa shape index (κ1) is 18.6. The molecule has 0 aromatic heterocycles. The molecule has 0 amide bonds. The highest BCUT2D eigenvalue weighted by molar-refractivity contribution is 5.65. The summed E-state index contributed by atoms with van der Waals surface area (Å²) in [5.74, 6) is -0.977. The SMILES string of the molecule is CCC1(COC(C)=O)COC2(CC(C)(C)N(O)C(C)(C)C2)OC1. The highest BCUT2D eigenvalue weighted by Gasteiger charge is 2.56. The smallest absolute Gasteiger partial charge is 0.302 e. The van der Waals surface area contributed by atoms with Crippen molar-refractivity contribution in [3.63, 3.8) is 0 Å². The van der Waals surface area contributed by atoms with Crippen LogP contribution < -0.4 is 0 Å². The van der Waals surface area contributed by atoms with Gasteiger partial charge in [0, 0.05) is 30.8 Å². The fraction of sp³-hybridized carbons (Fsp3) is 0.941. The third kappa shape index (κ3) is 3.71. The van der Waals surface area contributed by atoms with Crippen LogP contribution in [0.15, 0.2) is 0 Å². The monoisotopic (exact) mass is 329 g/mol. The van der Waals surface area contributed by atoms with Gasteiger partial charge >= 0.3 is 5.97 Å². The molecule has 1 N–H and O–H groups in total. The lowest BCUT2D eigenvalue weighted by atomic mass is 9.76. The van der Waals surface area contributed by atoms with Gasteiger partial charge in [0.15, 0.2) is 5.79 Å². The van der Waals surface area contributed by atoms with Crippen molar-refractivity contribution >= 4 is 5.97 Å². The average Bonchev–Trinajstić information content (AvgIpc) is 2.44. The van der Waals surface area contributed by atoms with E-state index < -0.39 is 16.9 Å². The number of nitrogens with zero attached hydrogens (tertiary/aromatic N) is 1. The molecule has 0 aromatic carbocycles. The van der Waals surface area contributed by atoms with Crippen molar-refractivity contribution in [1.82, 2.24) is 5.06 Å². The van der Waals surface area contributed by atoms with E-state index in [1.807, 2.05) is 27.7 Å². The van der Waals surface area contributed by atoms with Crippen LogP contribution in [0.1, 0.15) is 60.8 Å². The van der Waals surface area contributed by atoms with Gasteiger partial charge in [-0.15, -0.1) is 0 Å². The number of esters is 1. The standard InChI is InChI=1S/C17H31NO5/c1-7-16(10-21-13(2)19)11-22-17(23-12-16)8-14(3,4)18(20)15(5,6)9-17/h20H,7-12H2,1-6H3. The zero-order valence-electron chi connectivity index (χ0n) is 15.3. The molecule has 2 fully saturated rings. The first-order valence-electron chi connectivity index (χ1n) is 8.37. The molecule has 0 atom stereocenters. The molecule has 2 rings (SSSR count). The minimum absolute atomic E-state index is 0.283. The summed E-state index contributed by atoms with van der Waals surface area (Å²) < 4.78 is 17.6. The molecule has 0 radical (unpaired) electrons. The van der Waals surface area contributed by atoms with Crippen LogP contribution in [0, 0.1) is 5.41 Å². The van der Waals surface area contributed by atoms with E-state index in [9.17, 15) is 10.0 Å². The molecule has 6 heteroatoms. The highest BCUT2D eigenvalue weighted by atomic mass is 16.7. The van der Waals surface area contributed by atoms with Crippen LogP contribution in [0.5, 0.6) is 0 Å². The maximum Gasteiger partial charge on any atom is 0.302 e. The molecule has 2 saturated heterocycles. The van der Waals surface area contributed by atoms with Crippen molar-refractivity contribution in [2.75, 3.05) is 19.8 Å². The molecule has 2 heterocycles. The molecule has 2 aliphatic heterocycles. The van der Waals surface area contributed by atoms with Crippen LogP contribution in [0.3, 0.4) is 0 Å². The predicted molar refractivity (Wildman–Crippen MR) is 85.0 cm³/mol. The van der Waals surface area contributed by atoms with Crippen LogP contribution in [-0.2, 0) is 19.0 Å². The van der Waals surface area contributed by atoms with E-state index >= 15 is 0 Å². The van der Waals surface area contributed by atoms with E-state index in [0.717, 1.165) is 6.42 Å². The Morgan fingerprint density at radius 3 is 2.00 bits per heavy atom. The summed E-state index contributed by atoms with van der Waals surface area (Å²) in [7, 11) is 0. The lowest BCUT2D eigenvalue weighted by molar-refractivity contribution is -0.375. The van der Waals surface area contributed by atoms with Gasteiger partial charge in [0.05, 0.1) is 18.6 Å². The topological polar surface area (TPSA) is 68.2 Å². The quantitative estimate of drug-likeness (QED) is 0.803. The number of hydroxylamine groups is 2. The molecule has 0 aromatic rings. The predicted octanol–water partition coefficient (Wildman–Crippen LogP) is 2.73. The van der Waals surface area contributed by atoms with Crippen LogP contribution in [-0.4, -0.2) is 52.9 Å². The number of carbonyl (C=O) groups excluding carboxylic acids is 1. The van der Waals surface area contributed by atoms with Gasteiger partial charge in [-0.2, -0.15) is 5.06 Å². The second kappa shape index (κ2) is 5.99. The summed E-state index contributed by atoms with van der Waals surface area (Å²) in [5, 5.41) is 11.9. The molecular weight excluding hydrogens is 298 g/mol. The molecule has 6 nitrogen and oxygen atoms in total. The van der Waals surface area contributed by atoms with E-state index in [0.29, 0.717) is 32.7 Å². The van der Waals surface area contributed by atoms with E-state index in [1.165, 1.54) is 12.0 Å². The minimum atomic E-state index is -0.693. The number of hydrogen-bond acceptors (Lipinski definition) is 6. The van der Waals surface area contributed by atoms with E-state index in [2.05, 4.69) is 6.92 Å². The maximum atomic E-state index is 11.1. The van der Waals surface area contributed by atoms with Crippen LogP contribution in [0.2, 0.25) is 0 Å². The van der Waals surface area contributed by atoms with Gasteiger partial charge in [0.25, 0.3) is 0 Å². The first-order chi connectivity index (χ1) is 10.5. The van der Waals surface area contributed by atoms with Gasteiger partial charge in [-0.05, 0) is 34.1 Å². The number of piperidine rings is 1. The highest BCUT2D eigenvalue weighted by Crippen LogP contribution is 2.48. The Labute approximate surface area is 139 Å². The van der Waals surface area contributed by atoms with Crippen LogP contribution in [0.4, 0.5) is 0 Å². The van der Waals surface area contributed by atoms with Crippen molar-refractivity contribution in [2.24, 2.45) is 5.41 Å². The van der Waals surface area contributed by atoms with Crippen molar-refractivity contribution in [3.05, 3.63) is 0 Å². The van der Waals surface area contributed by atoms with Crippen molar-refractivity contribution in [1.29, 1.82) is 0 Å². The Morgan fingerprint density at radius 1 is 1.13 bits per heavy atom. The van der Waals surface area contributed by atoms with Crippen LogP contribution in [0.25, 0.3) is 0 Å². The largest absolute Gasteiger partial charge is 0.465 e. The Kier molecular flexibility index (Phi) is 4.86. The summed E-state index contributed by atoms with van der Waals surface area (Å²) >= 11 is 0. The van der Waals surface area contributed by atoms with Crippen molar-refractivity contribution in [2.45, 2.75) is 77.7 Å². The third-order valence-electron chi connectivity index (χ3n) is 5.17. The summed E-state index contributed by atoms with van der Waals surface area (Å²) in [5.41, 5.74) is -1.17. The molecule has 23 heavy (non-hydrogen) atoms. The Morgan fingerprint density at radius 2 is 1.61 bits per heavy atom. The van der Waals surface area contributed by atoms with Gasteiger partial charge in [-0.1, -0.05) is 6.92 Å². The Balaban J connectivity index is 2.11. The molecule has 134 valence electrons. The normalized spacial score (nSPS) is 28.5. The summed E-state index contributed by atoms with van der Waals surface area (Å²) in [6.45, 7) is 12.7. The third-order valence-corrected chi connectivity index (χ3v) is 5.17. The van der Waals surface area contributed by atoms with Gasteiger partial charge < -0.3 is 19.4 Å². The van der Waals surface area contributed by atoms with Gasteiger partial charge in [0.2, 0.25) is 0 Å². The molecule has 1 spiro atoms. The molecule has 0 unspecified atom stereocenters. The molecule has 0 aliphatic carbocycles. The van der Waals surface area contributed by atoms with Gasteiger partial charge in [-0.3, -0.25) is 4.79 Å². The zero-order chi connectivity index (χ0) is 17.5. The molecular formula is C17H31NO5. The summed E-state index contributed by atoms with van der Waals surface area (Å²) in [6.07, 6.45) is 2.00. The fourth-order valence-corrected chi connectivity index (χ4v) is 3.85. The minimum Gasteiger partial charge on any atom is -0.465 e. The van der Waals surface area contributed by atoms with E-state index in [4.69, 9.17) is 14.2 Å². The maximum absolute atomic E-state index is 11.1. The number of hydrogen-bond donors (Lipinski definition) is 1. The lowest BCUT2D eigenvalue weighted by Crippen LogP contribution is -2.67. The summed E-state index contributed by atoms with van der Waals surface area (Å²) in [4.78, 5) is 11.1. The Hall–Kier alpha value is -0.690. The number of rotatable bonds is 3. The summed E-state index contributed by atoms with van der Waals surface area (Å²) in [6, 6.07) is 0.